The number of aryl methyl sites for hydroxylation is 1. The standard InChI is InChI=1S/C30H25ClN2O3/c1-16-12-13-24-20(14-16)17(2)15-25-30(21-9-5-7-11-23(21)32-29(30)36)26(27(18(3)34)33(24)25)28(35)19-8-4-6-10-22(19)31/h4-15,25-27H,1-3H3,(H,32,36)/t25-,26+,27+,30-/m0/s1. The molecule has 0 aromatic heterocycles. The highest BCUT2D eigenvalue weighted by molar-refractivity contribution is 6.34. The summed E-state index contributed by atoms with van der Waals surface area (Å²) in [6, 6.07) is 19.0. The predicted molar refractivity (Wildman–Crippen MR) is 142 cm³/mol. The largest absolute Gasteiger partial charge is 0.352 e. The van der Waals surface area contributed by atoms with Crippen LogP contribution in [0.15, 0.2) is 72.8 Å². The van der Waals surface area contributed by atoms with Crippen molar-refractivity contribution in [3.05, 3.63) is 100 Å². The Morgan fingerprint density at radius 1 is 1.00 bits per heavy atom. The number of carbonyl (C=O) groups excluding carboxylic acids is 3. The number of nitrogens with one attached hydrogen (secondary N) is 1. The van der Waals surface area contributed by atoms with Crippen molar-refractivity contribution in [3.8, 4) is 0 Å². The molecule has 3 heterocycles. The number of ketones is 2. The maximum absolute atomic E-state index is 14.4. The Morgan fingerprint density at radius 3 is 2.47 bits per heavy atom. The molecule has 3 aliphatic rings. The highest BCUT2D eigenvalue weighted by Crippen LogP contribution is 2.58. The van der Waals surface area contributed by atoms with E-state index in [0.717, 1.165) is 28.0 Å². The molecular formula is C30H25ClN2O3. The third-order valence-corrected chi connectivity index (χ3v) is 8.30. The van der Waals surface area contributed by atoms with Crippen LogP contribution < -0.4 is 10.2 Å². The first-order valence-electron chi connectivity index (χ1n) is 12.0. The van der Waals surface area contributed by atoms with Gasteiger partial charge in [-0.25, -0.2) is 0 Å². The molecule has 3 aromatic carbocycles. The smallest absolute Gasteiger partial charge is 0.238 e. The minimum atomic E-state index is -1.30. The van der Waals surface area contributed by atoms with Gasteiger partial charge in [-0.05, 0) is 62.2 Å². The molecule has 3 aliphatic heterocycles. The van der Waals surface area contributed by atoms with Crippen molar-refractivity contribution in [1.29, 1.82) is 0 Å². The van der Waals surface area contributed by atoms with Crippen LogP contribution in [0.3, 0.4) is 0 Å². The molecule has 1 spiro atoms. The minimum absolute atomic E-state index is 0.168. The average Bonchev–Trinajstić information content (AvgIpc) is 3.32. The van der Waals surface area contributed by atoms with E-state index in [-0.39, 0.29) is 17.5 Å². The van der Waals surface area contributed by atoms with E-state index in [1.54, 1.807) is 24.3 Å². The van der Waals surface area contributed by atoms with Crippen LogP contribution in [0.25, 0.3) is 5.57 Å². The first-order chi connectivity index (χ1) is 17.3. The maximum Gasteiger partial charge on any atom is 0.238 e. The second kappa shape index (κ2) is 7.90. The normalized spacial score (nSPS) is 25.7. The molecule has 180 valence electrons. The molecule has 0 saturated carbocycles. The van der Waals surface area contributed by atoms with E-state index in [1.165, 1.54) is 6.92 Å². The number of para-hydroxylation sites is 1. The van der Waals surface area contributed by atoms with Gasteiger partial charge in [0.2, 0.25) is 5.91 Å². The first-order valence-corrected chi connectivity index (χ1v) is 12.4. The lowest BCUT2D eigenvalue weighted by atomic mass is 9.64. The van der Waals surface area contributed by atoms with Gasteiger partial charge in [0.15, 0.2) is 11.6 Å². The van der Waals surface area contributed by atoms with E-state index >= 15 is 0 Å². The third-order valence-electron chi connectivity index (χ3n) is 7.97. The summed E-state index contributed by atoms with van der Waals surface area (Å²) in [5.74, 6) is -1.71. The Morgan fingerprint density at radius 2 is 1.72 bits per heavy atom. The van der Waals surface area contributed by atoms with E-state index in [9.17, 15) is 14.4 Å². The molecule has 1 fully saturated rings. The van der Waals surface area contributed by atoms with Gasteiger partial charge >= 0.3 is 0 Å². The molecule has 1 N–H and O–H groups in total. The summed E-state index contributed by atoms with van der Waals surface area (Å²) in [6.07, 6.45) is 2.05. The highest BCUT2D eigenvalue weighted by atomic mass is 35.5. The fourth-order valence-corrected chi connectivity index (χ4v) is 6.76. The molecule has 1 amide bonds. The van der Waals surface area contributed by atoms with Crippen LogP contribution in [0.2, 0.25) is 5.02 Å². The summed E-state index contributed by atoms with van der Waals surface area (Å²) in [6.45, 7) is 5.55. The van der Waals surface area contributed by atoms with Crippen molar-refractivity contribution < 1.29 is 14.4 Å². The molecule has 6 rings (SSSR count). The van der Waals surface area contributed by atoms with E-state index < -0.39 is 23.4 Å². The lowest BCUT2D eigenvalue weighted by molar-refractivity contribution is -0.122. The van der Waals surface area contributed by atoms with Crippen molar-refractivity contribution in [2.45, 2.75) is 38.3 Å². The van der Waals surface area contributed by atoms with Gasteiger partial charge in [-0.2, -0.15) is 0 Å². The number of Topliss-reactive ketones (excluding diaryl/α,β-unsaturated/α-hetero) is 2. The van der Waals surface area contributed by atoms with Crippen LogP contribution in [-0.4, -0.2) is 29.6 Å². The summed E-state index contributed by atoms with van der Waals surface area (Å²) in [5, 5.41) is 3.34. The zero-order valence-corrected chi connectivity index (χ0v) is 21.0. The van der Waals surface area contributed by atoms with Gasteiger partial charge in [0.05, 0.1) is 23.0 Å². The van der Waals surface area contributed by atoms with Crippen LogP contribution in [0.5, 0.6) is 0 Å². The Balaban J connectivity index is 1.70. The predicted octanol–water partition coefficient (Wildman–Crippen LogP) is 5.60. The first kappa shape index (κ1) is 22.7. The Labute approximate surface area is 214 Å². The number of allylic oxidation sites excluding steroid dienone is 1. The van der Waals surface area contributed by atoms with Crippen molar-refractivity contribution in [2.24, 2.45) is 5.92 Å². The Kier molecular flexibility index (Phi) is 4.99. The van der Waals surface area contributed by atoms with Crippen molar-refractivity contribution in [3.63, 3.8) is 0 Å². The monoisotopic (exact) mass is 496 g/mol. The van der Waals surface area contributed by atoms with E-state index in [2.05, 4.69) is 17.5 Å². The quantitative estimate of drug-likeness (QED) is 0.479. The van der Waals surface area contributed by atoms with Gasteiger partial charge < -0.3 is 10.2 Å². The lowest BCUT2D eigenvalue weighted by Gasteiger charge is -2.39. The van der Waals surface area contributed by atoms with Gasteiger partial charge in [-0.15, -0.1) is 0 Å². The molecule has 0 radical (unpaired) electrons. The molecular weight excluding hydrogens is 472 g/mol. The number of amides is 1. The number of fused-ring (bicyclic) bond motifs is 6. The molecule has 3 aromatic rings. The molecule has 0 aliphatic carbocycles. The molecule has 36 heavy (non-hydrogen) atoms. The van der Waals surface area contributed by atoms with Crippen LogP contribution >= 0.6 is 11.6 Å². The number of hydrogen-bond donors (Lipinski definition) is 1. The fourth-order valence-electron chi connectivity index (χ4n) is 6.53. The summed E-state index contributed by atoms with van der Waals surface area (Å²) in [5.41, 5.74) is 4.40. The summed E-state index contributed by atoms with van der Waals surface area (Å²) in [7, 11) is 0. The van der Waals surface area contributed by atoms with Gasteiger partial charge in [0.25, 0.3) is 0 Å². The topological polar surface area (TPSA) is 66.5 Å². The zero-order chi connectivity index (χ0) is 25.4. The van der Waals surface area contributed by atoms with E-state index in [4.69, 9.17) is 11.6 Å². The zero-order valence-electron chi connectivity index (χ0n) is 20.2. The van der Waals surface area contributed by atoms with Crippen LogP contribution in [0.1, 0.15) is 40.9 Å². The van der Waals surface area contributed by atoms with Crippen LogP contribution in [0, 0.1) is 12.8 Å². The SMILES string of the molecule is CC(=O)[C@@H]1[C@H](C(=O)c2ccccc2Cl)[C@@]2(C(=O)Nc3ccccc32)[C@@H]2C=C(C)c3cc(C)ccc3N12. The second-order valence-corrected chi connectivity index (χ2v) is 10.4. The molecule has 5 nitrogen and oxygen atoms in total. The van der Waals surface area contributed by atoms with Crippen molar-refractivity contribution in [2.75, 3.05) is 10.2 Å². The Hall–Kier alpha value is -3.70. The average molecular weight is 497 g/mol. The Bertz CT molecular complexity index is 1510. The molecule has 0 unspecified atom stereocenters. The molecule has 1 saturated heterocycles. The number of benzene rings is 3. The lowest BCUT2D eigenvalue weighted by Crippen LogP contribution is -2.51. The van der Waals surface area contributed by atoms with Gasteiger partial charge in [-0.1, -0.05) is 59.6 Å². The number of carbonyl (C=O) groups is 3. The number of nitrogens with zero attached hydrogens (tertiary/aromatic N) is 1. The fraction of sp³-hybridized carbons (Fsp3) is 0.233. The third kappa shape index (κ3) is 2.86. The number of halogens is 1. The summed E-state index contributed by atoms with van der Waals surface area (Å²) < 4.78 is 0. The number of anilines is 2. The van der Waals surface area contributed by atoms with E-state index in [1.807, 2.05) is 55.1 Å². The second-order valence-electron chi connectivity index (χ2n) is 9.97. The molecule has 6 heteroatoms. The van der Waals surface area contributed by atoms with Crippen LogP contribution in [0.4, 0.5) is 11.4 Å². The van der Waals surface area contributed by atoms with Gasteiger partial charge in [0.1, 0.15) is 5.41 Å². The molecule has 4 atom stereocenters. The minimum Gasteiger partial charge on any atom is -0.352 e. The molecule has 0 bridgehead atoms. The number of rotatable bonds is 3. The van der Waals surface area contributed by atoms with Crippen molar-refractivity contribution in [1.82, 2.24) is 0 Å². The van der Waals surface area contributed by atoms with Gasteiger partial charge in [-0.3, -0.25) is 14.4 Å². The summed E-state index contributed by atoms with van der Waals surface area (Å²) in [4.78, 5) is 44.0. The summed E-state index contributed by atoms with van der Waals surface area (Å²) >= 11 is 6.50. The number of hydrogen-bond acceptors (Lipinski definition) is 4. The van der Waals surface area contributed by atoms with Crippen LogP contribution in [-0.2, 0) is 15.0 Å². The highest BCUT2D eigenvalue weighted by Gasteiger charge is 2.70. The van der Waals surface area contributed by atoms with Crippen molar-refractivity contribution >= 4 is 46.0 Å². The van der Waals surface area contributed by atoms with E-state index in [0.29, 0.717) is 16.3 Å². The van der Waals surface area contributed by atoms with Gasteiger partial charge in [0, 0.05) is 22.5 Å². The maximum atomic E-state index is 14.4.